The minimum atomic E-state index is -0.785. The van der Waals surface area contributed by atoms with Crippen LogP contribution in [0.15, 0.2) is 122 Å². The molecule has 0 aliphatic rings. The summed E-state index contributed by atoms with van der Waals surface area (Å²) >= 11 is 0. The lowest BCUT2D eigenvalue weighted by Crippen LogP contribution is -2.30. The van der Waals surface area contributed by atoms with Crippen LogP contribution in [-0.2, 0) is 28.6 Å². The van der Waals surface area contributed by atoms with Gasteiger partial charge in [-0.1, -0.05) is 290 Å². The number of esters is 3. The van der Waals surface area contributed by atoms with Crippen molar-refractivity contribution in [1.82, 2.24) is 0 Å². The molecule has 0 aliphatic heterocycles. The number of carbonyl (C=O) groups excluding carboxylic acids is 3. The van der Waals surface area contributed by atoms with Crippen molar-refractivity contribution in [3.05, 3.63) is 122 Å². The van der Waals surface area contributed by atoms with Gasteiger partial charge in [0.25, 0.3) is 0 Å². The van der Waals surface area contributed by atoms with Crippen molar-refractivity contribution < 1.29 is 28.6 Å². The molecule has 6 heteroatoms. The van der Waals surface area contributed by atoms with Crippen molar-refractivity contribution in [3.63, 3.8) is 0 Å². The molecule has 1 unspecified atom stereocenters. The standard InChI is InChI=1S/C72H120O6/c1-4-7-10-13-16-19-21-23-25-27-29-31-33-34-35-36-37-38-40-41-43-45-47-49-51-53-56-59-62-65-71(74)77-68-69(67-76-70(73)64-61-58-55-18-15-12-9-6-3)78-72(75)66-63-60-57-54-52-50-48-46-44-42-39-32-30-28-26-24-22-20-17-14-11-8-5-2/h7-8,10-11,16-17,19-20,23-26,29-32,34-35,42,44,69H,4-6,9,12-15,18,21-22,27-28,33,36-41,43,45-68H2,1-3H3/b10-7-,11-8-,19-16-,20-17-,25-23-,26-24-,31-29-,32-30-,35-34-,44-42-. The monoisotopic (exact) mass is 1080 g/mol. The van der Waals surface area contributed by atoms with Crippen LogP contribution >= 0.6 is 0 Å². The molecule has 0 aromatic heterocycles. The van der Waals surface area contributed by atoms with Gasteiger partial charge in [0.15, 0.2) is 6.10 Å². The van der Waals surface area contributed by atoms with Gasteiger partial charge in [-0.05, 0) is 109 Å². The van der Waals surface area contributed by atoms with E-state index in [4.69, 9.17) is 14.2 Å². The second kappa shape index (κ2) is 65.3. The van der Waals surface area contributed by atoms with Crippen LogP contribution < -0.4 is 0 Å². The zero-order chi connectivity index (χ0) is 56.4. The zero-order valence-corrected chi connectivity index (χ0v) is 50.9. The Hall–Kier alpha value is -4.19. The molecule has 0 aromatic carbocycles. The first-order valence-electron chi connectivity index (χ1n) is 32.5. The van der Waals surface area contributed by atoms with Gasteiger partial charge in [-0.2, -0.15) is 0 Å². The van der Waals surface area contributed by atoms with Gasteiger partial charge in [-0.3, -0.25) is 14.4 Å². The molecule has 0 spiro atoms. The third-order valence-corrected chi connectivity index (χ3v) is 13.7. The van der Waals surface area contributed by atoms with E-state index in [2.05, 4.69) is 142 Å². The Bertz CT molecular complexity index is 1620. The number of ether oxygens (including phenoxy) is 3. The maximum absolute atomic E-state index is 12.9. The molecule has 0 N–H and O–H groups in total. The normalized spacial score (nSPS) is 12.9. The molecule has 0 rings (SSSR count). The Kier molecular flexibility index (Phi) is 61.8. The Morgan fingerprint density at radius 2 is 0.500 bits per heavy atom. The van der Waals surface area contributed by atoms with Crippen molar-refractivity contribution in [2.75, 3.05) is 13.2 Å². The highest BCUT2D eigenvalue weighted by atomic mass is 16.6. The molecule has 0 radical (unpaired) electrons. The Morgan fingerprint density at radius 1 is 0.269 bits per heavy atom. The minimum Gasteiger partial charge on any atom is -0.462 e. The number of hydrogen-bond acceptors (Lipinski definition) is 6. The largest absolute Gasteiger partial charge is 0.462 e. The van der Waals surface area contributed by atoms with Crippen molar-refractivity contribution in [2.24, 2.45) is 0 Å². The van der Waals surface area contributed by atoms with Crippen LogP contribution in [0.25, 0.3) is 0 Å². The molecular formula is C72H120O6. The topological polar surface area (TPSA) is 78.9 Å². The first kappa shape index (κ1) is 73.8. The van der Waals surface area contributed by atoms with E-state index in [1.165, 1.54) is 128 Å². The van der Waals surface area contributed by atoms with Gasteiger partial charge < -0.3 is 14.2 Å². The first-order valence-corrected chi connectivity index (χ1v) is 32.5. The summed E-state index contributed by atoms with van der Waals surface area (Å²) in [5.41, 5.74) is 0. The predicted octanol–water partition coefficient (Wildman–Crippen LogP) is 22.4. The molecule has 444 valence electrons. The van der Waals surface area contributed by atoms with Crippen molar-refractivity contribution in [2.45, 2.75) is 303 Å². The maximum atomic E-state index is 12.9. The number of allylic oxidation sites excluding steroid dienone is 20. The molecule has 0 saturated carbocycles. The van der Waals surface area contributed by atoms with Crippen LogP contribution in [0.1, 0.15) is 297 Å². The number of unbranched alkanes of at least 4 members (excludes halogenated alkanes) is 27. The van der Waals surface area contributed by atoms with E-state index >= 15 is 0 Å². The summed E-state index contributed by atoms with van der Waals surface area (Å²) < 4.78 is 16.9. The van der Waals surface area contributed by atoms with Crippen LogP contribution in [0.5, 0.6) is 0 Å². The lowest BCUT2D eigenvalue weighted by Gasteiger charge is -2.18. The number of hydrogen-bond donors (Lipinski definition) is 0. The fourth-order valence-corrected chi connectivity index (χ4v) is 8.91. The third kappa shape index (κ3) is 62.7. The lowest BCUT2D eigenvalue weighted by molar-refractivity contribution is -0.167. The number of rotatable bonds is 58. The highest BCUT2D eigenvalue weighted by Gasteiger charge is 2.19. The van der Waals surface area contributed by atoms with Crippen molar-refractivity contribution >= 4 is 17.9 Å². The predicted molar refractivity (Wildman–Crippen MR) is 339 cm³/mol. The van der Waals surface area contributed by atoms with E-state index in [9.17, 15) is 14.4 Å². The Balaban J connectivity index is 4.19. The molecule has 0 saturated heterocycles. The van der Waals surface area contributed by atoms with Crippen LogP contribution in [0.2, 0.25) is 0 Å². The van der Waals surface area contributed by atoms with Gasteiger partial charge in [0, 0.05) is 19.3 Å². The lowest BCUT2D eigenvalue weighted by atomic mass is 10.0. The second-order valence-corrected chi connectivity index (χ2v) is 21.3. The summed E-state index contributed by atoms with van der Waals surface area (Å²) in [6.45, 7) is 6.39. The van der Waals surface area contributed by atoms with Gasteiger partial charge >= 0.3 is 17.9 Å². The van der Waals surface area contributed by atoms with Gasteiger partial charge in [0.1, 0.15) is 13.2 Å². The van der Waals surface area contributed by atoms with E-state index < -0.39 is 6.10 Å². The van der Waals surface area contributed by atoms with Crippen LogP contribution in [0, 0.1) is 0 Å². The summed E-state index contributed by atoms with van der Waals surface area (Å²) in [5.74, 6) is -0.894. The fraction of sp³-hybridized carbons (Fsp3) is 0.681. The van der Waals surface area contributed by atoms with Gasteiger partial charge in [-0.15, -0.1) is 0 Å². The summed E-state index contributed by atoms with van der Waals surface area (Å²) in [6.07, 6.45) is 90.8. The highest BCUT2D eigenvalue weighted by molar-refractivity contribution is 5.71. The van der Waals surface area contributed by atoms with E-state index in [0.717, 1.165) is 128 Å². The van der Waals surface area contributed by atoms with Gasteiger partial charge in [0.05, 0.1) is 0 Å². The van der Waals surface area contributed by atoms with Gasteiger partial charge in [0.2, 0.25) is 0 Å². The van der Waals surface area contributed by atoms with Crippen LogP contribution in [0.4, 0.5) is 0 Å². The van der Waals surface area contributed by atoms with Gasteiger partial charge in [-0.25, -0.2) is 0 Å². The van der Waals surface area contributed by atoms with E-state index in [1.54, 1.807) is 0 Å². The molecule has 0 heterocycles. The smallest absolute Gasteiger partial charge is 0.306 e. The van der Waals surface area contributed by atoms with E-state index in [0.29, 0.717) is 19.3 Å². The second-order valence-electron chi connectivity index (χ2n) is 21.3. The summed E-state index contributed by atoms with van der Waals surface area (Å²) in [5, 5.41) is 0. The maximum Gasteiger partial charge on any atom is 0.306 e. The quantitative estimate of drug-likeness (QED) is 0.0261. The molecule has 6 nitrogen and oxygen atoms in total. The van der Waals surface area contributed by atoms with Crippen LogP contribution in [0.3, 0.4) is 0 Å². The van der Waals surface area contributed by atoms with Crippen molar-refractivity contribution in [1.29, 1.82) is 0 Å². The highest BCUT2D eigenvalue weighted by Crippen LogP contribution is 2.16. The summed E-state index contributed by atoms with van der Waals surface area (Å²) in [6, 6.07) is 0. The zero-order valence-electron chi connectivity index (χ0n) is 50.9. The molecule has 0 fully saturated rings. The molecule has 0 bridgehead atoms. The molecule has 0 aliphatic carbocycles. The number of carbonyl (C=O) groups is 3. The van der Waals surface area contributed by atoms with Crippen molar-refractivity contribution in [3.8, 4) is 0 Å². The molecule has 0 amide bonds. The SMILES string of the molecule is CC/C=C\C/C=C\C/C=C\C/C=C\C/C=C\CCCCCCCCCCCCCCCC(=O)OCC(COC(=O)CCCCCCCCCC)OC(=O)CCCCCCCCC/C=C\C/C=C\C/C=C\C/C=C\C/C=C\CC. The fourth-order valence-electron chi connectivity index (χ4n) is 8.91. The average Bonchev–Trinajstić information content (AvgIpc) is 3.44. The van der Waals surface area contributed by atoms with E-state index in [-0.39, 0.29) is 31.1 Å². The average molecular weight is 1080 g/mol. The van der Waals surface area contributed by atoms with Crippen LogP contribution in [-0.4, -0.2) is 37.2 Å². The minimum absolute atomic E-state index is 0.0824. The van der Waals surface area contributed by atoms with E-state index in [1.807, 2.05) is 0 Å². The molecular weight excluding hydrogens is 961 g/mol. The molecule has 0 aromatic rings. The Morgan fingerprint density at radius 3 is 0.782 bits per heavy atom. The third-order valence-electron chi connectivity index (χ3n) is 13.7. The summed E-state index contributed by atoms with van der Waals surface area (Å²) in [4.78, 5) is 38.2. The Labute approximate surface area is 482 Å². The molecule has 78 heavy (non-hydrogen) atoms. The summed E-state index contributed by atoms with van der Waals surface area (Å²) in [7, 11) is 0. The molecule has 1 atom stereocenters. The first-order chi connectivity index (χ1) is 38.5.